The van der Waals surface area contributed by atoms with Crippen molar-refractivity contribution < 1.29 is 9.53 Å². The van der Waals surface area contributed by atoms with E-state index in [-0.39, 0.29) is 11.4 Å². The molecular weight excluding hydrogens is 336 g/mol. The molecule has 0 bridgehead atoms. The number of Topliss-reactive ketones (excluding diaryl/α,β-unsaturated/α-hetero) is 1. The Labute approximate surface area is 159 Å². The van der Waals surface area contributed by atoms with Crippen LogP contribution in [0.15, 0.2) is 54.6 Å². The van der Waals surface area contributed by atoms with Gasteiger partial charge < -0.3 is 9.30 Å². The number of carbonyl (C=O) groups is 1. The Morgan fingerprint density at radius 3 is 2.59 bits per heavy atom. The van der Waals surface area contributed by atoms with E-state index in [2.05, 4.69) is 46.8 Å². The second-order valence-electron chi connectivity index (χ2n) is 7.91. The summed E-state index contributed by atoms with van der Waals surface area (Å²) in [7, 11) is 2.14. The molecule has 4 nitrogen and oxygen atoms in total. The molecule has 0 N–H and O–H groups in total. The van der Waals surface area contributed by atoms with Crippen molar-refractivity contribution in [3.05, 3.63) is 65.9 Å². The summed E-state index contributed by atoms with van der Waals surface area (Å²) in [5.74, 6) is 0.981. The number of hydrogen-bond acceptors (Lipinski definition) is 3. The summed E-state index contributed by atoms with van der Waals surface area (Å²) < 4.78 is 8.64. The lowest BCUT2D eigenvalue weighted by Gasteiger charge is -2.44. The van der Waals surface area contributed by atoms with E-state index in [1.807, 2.05) is 24.3 Å². The molecule has 5 rings (SSSR count). The number of benzene rings is 2. The predicted molar refractivity (Wildman–Crippen MR) is 106 cm³/mol. The molecular formula is C23H24N2O2. The van der Waals surface area contributed by atoms with Gasteiger partial charge in [-0.3, -0.25) is 9.69 Å². The first-order chi connectivity index (χ1) is 13.1. The molecule has 0 aliphatic carbocycles. The predicted octanol–water partition coefficient (Wildman–Crippen LogP) is 4.18. The van der Waals surface area contributed by atoms with Gasteiger partial charge in [-0.2, -0.15) is 0 Å². The normalized spacial score (nSPS) is 19.2. The molecule has 4 heteroatoms. The highest BCUT2D eigenvalue weighted by atomic mass is 16.5. The lowest BCUT2D eigenvalue weighted by molar-refractivity contribution is -0.0111. The van der Waals surface area contributed by atoms with Gasteiger partial charge in [-0.05, 0) is 29.7 Å². The number of carbonyl (C=O) groups excluding carboxylic acids is 1. The molecule has 1 saturated heterocycles. The Morgan fingerprint density at radius 2 is 1.78 bits per heavy atom. The highest BCUT2D eigenvalue weighted by Gasteiger charge is 2.42. The SMILES string of the molecule is Cn1c(CN2CCC3(CC2)CC(=O)c2ccccc2O3)cc2ccccc21. The summed E-state index contributed by atoms with van der Waals surface area (Å²) in [6.45, 7) is 2.85. The molecule has 3 aromatic rings. The van der Waals surface area contributed by atoms with Gasteiger partial charge in [-0.25, -0.2) is 0 Å². The van der Waals surface area contributed by atoms with Crippen molar-refractivity contribution in [2.75, 3.05) is 13.1 Å². The fraction of sp³-hybridized carbons (Fsp3) is 0.348. The summed E-state index contributed by atoms with van der Waals surface area (Å²) in [6, 6.07) is 18.5. The molecule has 3 heterocycles. The molecule has 0 saturated carbocycles. The van der Waals surface area contributed by atoms with Gasteiger partial charge in [0, 0.05) is 50.7 Å². The van der Waals surface area contributed by atoms with Crippen LogP contribution in [0.1, 0.15) is 35.3 Å². The monoisotopic (exact) mass is 360 g/mol. The maximum atomic E-state index is 12.6. The zero-order valence-corrected chi connectivity index (χ0v) is 15.6. The molecule has 1 fully saturated rings. The minimum atomic E-state index is -0.319. The Morgan fingerprint density at radius 1 is 1.04 bits per heavy atom. The van der Waals surface area contributed by atoms with Gasteiger partial charge in [-0.1, -0.05) is 30.3 Å². The number of nitrogens with zero attached hydrogens (tertiary/aromatic N) is 2. The maximum Gasteiger partial charge on any atom is 0.170 e. The lowest BCUT2D eigenvalue weighted by Crippen LogP contribution is -2.50. The molecule has 0 unspecified atom stereocenters. The highest BCUT2D eigenvalue weighted by Crippen LogP contribution is 2.39. The second-order valence-corrected chi connectivity index (χ2v) is 7.91. The Balaban J connectivity index is 1.30. The first kappa shape index (κ1) is 16.6. The average molecular weight is 360 g/mol. The minimum absolute atomic E-state index is 0.221. The first-order valence-corrected chi connectivity index (χ1v) is 9.71. The fourth-order valence-corrected chi connectivity index (χ4v) is 4.57. The maximum absolute atomic E-state index is 12.6. The Bertz CT molecular complexity index is 1010. The Kier molecular flexibility index (Phi) is 3.83. The standard InChI is InChI=1S/C23H24N2O2/c1-24-18(14-17-6-2-4-8-20(17)24)16-25-12-10-23(11-13-25)15-21(26)19-7-3-5-9-22(19)27-23/h2-9,14H,10-13,15-16H2,1H3. The summed E-state index contributed by atoms with van der Waals surface area (Å²) in [4.78, 5) is 15.1. The second kappa shape index (κ2) is 6.24. The van der Waals surface area contributed by atoms with Crippen LogP contribution in [0, 0.1) is 0 Å². The third-order valence-corrected chi connectivity index (χ3v) is 6.20. The number of fused-ring (bicyclic) bond motifs is 2. The van der Waals surface area contributed by atoms with E-state index in [4.69, 9.17) is 4.74 Å². The largest absolute Gasteiger partial charge is 0.486 e. The van der Waals surface area contributed by atoms with Gasteiger partial charge in [0.1, 0.15) is 11.4 Å². The minimum Gasteiger partial charge on any atom is -0.486 e. The highest BCUT2D eigenvalue weighted by molar-refractivity contribution is 6.00. The van der Waals surface area contributed by atoms with Gasteiger partial charge in [0.2, 0.25) is 0 Å². The Hall–Kier alpha value is -2.59. The van der Waals surface area contributed by atoms with Crippen molar-refractivity contribution in [1.29, 1.82) is 0 Å². The number of ketones is 1. The van der Waals surface area contributed by atoms with Gasteiger partial charge in [0.15, 0.2) is 5.78 Å². The van der Waals surface area contributed by atoms with Crippen LogP contribution >= 0.6 is 0 Å². The van der Waals surface area contributed by atoms with Gasteiger partial charge in [0.05, 0.1) is 12.0 Å². The van der Waals surface area contributed by atoms with Crippen molar-refractivity contribution in [1.82, 2.24) is 9.47 Å². The fourth-order valence-electron chi connectivity index (χ4n) is 4.57. The molecule has 2 aliphatic heterocycles. The first-order valence-electron chi connectivity index (χ1n) is 9.71. The van der Waals surface area contributed by atoms with Crippen LogP contribution in [0.2, 0.25) is 0 Å². The van der Waals surface area contributed by atoms with Crippen LogP contribution in [0.3, 0.4) is 0 Å². The van der Waals surface area contributed by atoms with Crippen LogP contribution in [-0.4, -0.2) is 33.9 Å². The molecule has 0 atom stereocenters. The van der Waals surface area contributed by atoms with E-state index in [1.165, 1.54) is 16.6 Å². The van der Waals surface area contributed by atoms with Crippen LogP contribution in [0.5, 0.6) is 5.75 Å². The van der Waals surface area contributed by atoms with E-state index in [9.17, 15) is 4.79 Å². The number of para-hydroxylation sites is 2. The van der Waals surface area contributed by atoms with E-state index in [0.717, 1.165) is 43.8 Å². The van der Waals surface area contributed by atoms with Gasteiger partial charge >= 0.3 is 0 Å². The van der Waals surface area contributed by atoms with Crippen molar-refractivity contribution in [3.8, 4) is 5.75 Å². The summed E-state index contributed by atoms with van der Waals surface area (Å²) in [5.41, 5.74) is 3.03. The third kappa shape index (κ3) is 2.85. The molecule has 0 radical (unpaired) electrons. The summed E-state index contributed by atoms with van der Waals surface area (Å²) in [6.07, 6.45) is 2.31. The van der Waals surface area contributed by atoms with Crippen molar-refractivity contribution in [2.24, 2.45) is 7.05 Å². The smallest absolute Gasteiger partial charge is 0.170 e. The number of hydrogen-bond donors (Lipinski definition) is 0. The van der Waals surface area contributed by atoms with Crippen molar-refractivity contribution in [2.45, 2.75) is 31.4 Å². The molecule has 138 valence electrons. The van der Waals surface area contributed by atoms with Crippen LogP contribution < -0.4 is 4.74 Å². The van der Waals surface area contributed by atoms with E-state index >= 15 is 0 Å². The number of ether oxygens (including phenoxy) is 1. The van der Waals surface area contributed by atoms with Crippen molar-refractivity contribution >= 4 is 16.7 Å². The van der Waals surface area contributed by atoms with E-state index in [0.29, 0.717) is 6.42 Å². The molecule has 1 aromatic heterocycles. The van der Waals surface area contributed by atoms with Crippen molar-refractivity contribution in [3.63, 3.8) is 0 Å². The number of piperidine rings is 1. The zero-order chi connectivity index (χ0) is 18.4. The van der Waals surface area contributed by atoms with Gasteiger partial charge in [-0.15, -0.1) is 0 Å². The molecule has 1 spiro atoms. The summed E-state index contributed by atoms with van der Waals surface area (Å²) in [5, 5.41) is 1.29. The lowest BCUT2D eigenvalue weighted by atomic mass is 9.82. The molecule has 0 amide bonds. The quantitative estimate of drug-likeness (QED) is 0.688. The topological polar surface area (TPSA) is 34.5 Å². The van der Waals surface area contributed by atoms with Crippen LogP contribution in [-0.2, 0) is 13.6 Å². The average Bonchev–Trinajstić information content (AvgIpc) is 3.00. The van der Waals surface area contributed by atoms with Crippen LogP contribution in [0.25, 0.3) is 10.9 Å². The zero-order valence-electron chi connectivity index (χ0n) is 15.6. The third-order valence-electron chi connectivity index (χ3n) is 6.20. The molecule has 27 heavy (non-hydrogen) atoms. The van der Waals surface area contributed by atoms with Crippen LogP contribution in [0.4, 0.5) is 0 Å². The number of likely N-dealkylation sites (tertiary alicyclic amines) is 1. The van der Waals surface area contributed by atoms with Gasteiger partial charge in [0.25, 0.3) is 0 Å². The number of rotatable bonds is 2. The van der Waals surface area contributed by atoms with E-state index < -0.39 is 0 Å². The number of aromatic nitrogens is 1. The summed E-state index contributed by atoms with van der Waals surface area (Å²) >= 11 is 0. The molecule has 2 aliphatic rings. The number of aryl methyl sites for hydroxylation is 1. The molecule has 2 aromatic carbocycles. The van der Waals surface area contributed by atoms with E-state index in [1.54, 1.807) is 0 Å².